The van der Waals surface area contributed by atoms with Crippen molar-refractivity contribution in [2.75, 3.05) is 0 Å². The molecule has 1 aromatic heterocycles. The summed E-state index contributed by atoms with van der Waals surface area (Å²) in [4.78, 5) is 15.1. The van der Waals surface area contributed by atoms with E-state index >= 15 is 0 Å². The van der Waals surface area contributed by atoms with Gasteiger partial charge in [-0.2, -0.15) is 0 Å². The number of fused-ring (bicyclic) bond motifs is 2. The summed E-state index contributed by atoms with van der Waals surface area (Å²) in [7, 11) is 2.07. The first-order valence-electron chi connectivity index (χ1n) is 14.8. The molecule has 0 saturated heterocycles. The van der Waals surface area contributed by atoms with Crippen molar-refractivity contribution >= 4 is 33.5 Å². The van der Waals surface area contributed by atoms with Crippen LogP contribution < -0.4 is 5.32 Å². The number of nitrogens with one attached hydrogen (secondary N) is 1. The second kappa shape index (κ2) is 10.8. The number of nitrogens with zero attached hydrogens (tertiary/aromatic N) is 4. The van der Waals surface area contributed by atoms with Crippen LogP contribution in [0.15, 0.2) is 156 Å². The van der Waals surface area contributed by atoms with Gasteiger partial charge in [-0.05, 0) is 46.2 Å². The van der Waals surface area contributed by atoms with Gasteiger partial charge in [-0.25, -0.2) is 15.0 Å². The number of hydrogen-bond acceptors (Lipinski definition) is 4. The minimum absolute atomic E-state index is 0.336. The van der Waals surface area contributed by atoms with Gasteiger partial charge in [-0.3, -0.25) is 0 Å². The molecular formula is C39H29N5. The Morgan fingerprint density at radius 1 is 0.591 bits per heavy atom. The first kappa shape index (κ1) is 25.9. The molecule has 44 heavy (non-hydrogen) atoms. The lowest BCUT2D eigenvalue weighted by atomic mass is 9.93. The molecule has 1 aliphatic heterocycles. The fraction of sp³-hybridized carbons (Fsp3) is 0.0513. The van der Waals surface area contributed by atoms with Crippen LogP contribution in [0, 0.1) is 0 Å². The Hall–Kier alpha value is -5.81. The molecule has 0 saturated carbocycles. The van der Waals surface area contributed by atoms with Crippen molar-refractivity contribution in [3.63, 3.8) is 0 Å². The maximum atomic E-state index is 5.20. The van der Waals surface area contributed by atoms with Crippen LogP contribution in [0.4, 0.5) is 0 Å². The molecule has 1 atom stereocenters. The molecule has 0 aliphatic carbocycles. The molecule has 1 aliphatic rings. The van der Waals surface area contributed by atoms with Gasteiger partial charge in [-0.15, -0.1) is 0 Å². The van der Waals surface area contributed by atoms with E-state index in [0.29, 0.717) is 5.84 Å². The molecular weight excluding hydrogens is 538 g/mol. The Morgan fingerprint density at radius 3 is 1.93 bits per heavy atom. The van der Waals surface area contributed by atoms with Crippen LogP contribution >= 0.6 is 0 Å². The zero-order chi connectivity index (χ0) is 29.5. The summed E-state index contributed by atoms with van der Waals surface area (Å²) in [6.07, 6.45) is -0.336. The van der Waals surface area contributed by atoms with E-state index in [9.17, 15) is 0 Å². The van der Waals surface area contributed by atoms with Gasteiger partial charge in [0.1, 0.15) is 17.8 Å². The molecule has 0 fully saturated rings. The van der Waals surface area contributed by atoms with E-state index in [1.54, 1.807) is 0 Å². The molecule has 0 amide bonds. The third-order valence-electron chi connectivity index (χ3n) is 8.28. The Balaban J connectivity index is 1.26. The van der Waals surface area contributed by atoms with Crippen LogP contribution in [-0.2, 0) is 7.05 Å². The minimum atomic E-state index is -0.336. The largest absolute Gasteiger partial charge is 0.344 e. The number of imidazole rings is 1. The quantitative estimate of drug-likeness (QED) is 0.227. The molecule has 1 unspecified atom stereocenters. The molecule has 1 N–H and O–H groups in total. The SMILES string of the molecule is Cn1c(-c2ccc(-c3cc4ccccc4cc3C3N=C(c4ccccc4)N=C(c4ccccc4)N3)cc2)nc2ccccc21. The number of aryl methyl sites for hydroxylation is 1. The van der Waals surface area contributed by atoms with E-state index in [4.69, 9.17) is 15.0 Å². The minimum Gasteiger partial charge on any atom is -0.344 e. The molecule has 2 heterocycles. The highest BCUT2D eigenvalue weighted by Crippen LogP contribution is 2.36. The fourth-order valence-electron chi connectivity index (χ4n) is 6.01. The summed E-state index contributed by atoms with van der Waals surface area (Å²) in [5, 5.41) is 6.03. The first-order chi connectivity index (χ1) is 21.7. The van der Waals surface area contributed by atoms with Crippen LogP contribution in [0.5, 0.6) is 0 Å². The van der Waals surface area contributed by atoms with Crippen LogP contribution in [0.1, 0.15) is 22.9 Å². The van der Waals surface area contributed by atoms with Crippen molar-refractivity contribution in [1.29, 1.82) is 0 Å². The number of hydrogen-bond donors (Lipinski definition) is 1. The van der Waals surface area contributed by atoms with Crippen molar-refractivity contribution in [2.45, 2.75) is 6.17 Å². The van der Waals surface area contributed by atoms with E-state index in [1.807, 2.05) is 42.5 Å². The Bertz CT molecular complexity index is 2190. The number of benzene rings is 6. The molecule has 210 valence electrons. The molecule has 5 heteroatoms. The number of rotatable bonds is 5. The van der Waals surface area contributed by atoms with E-state index in [1.165, 1.54) is 10.8 Å². The van der Waals surface area contributed by atoms with Gasteiger partial charge in [0.15, 0.2) is 5.84 Å². The lowest BCUT2D eigenvalue weighted by molar-refractivity contribution is 0.676. The zero-order valence-electron chi connectivity index (χ0n) is 24.2. The summed E-state index contributed by atoms with van der Waals surface area (Å²) >= 11 is 0. The van der Waals surface area contributed by atoms with E-state index in [0.717, 1.165) is 56.1 Å². The van der Waals surface area contributed by atoms with Crippen molar-refractivity contribution < 1.29 is 0 Å². The Kier molecular flexibility index (Phi) is 6.34. The predicted molar refractivity (Wildman–Crippen MR) is 181 cm³/mol. The van der Waals surface area contributed by atoms with E-state index in [2.05, 4.69) is 120 Å². The van der Waals surface area contributed by atoms with Gasteiger partial charge >= 0.3 is 0 Å². The molecule has 7 aromatic rings. The van der Waals surface area contributed by atoms with Crippen LogP contribution in [0.3, 0.4) is 0 Å². The standard InChI is InChI=1S/C39H29N5/c1-44-35-19-11-10-18-34(35)40-39(44)29-22-20-26(21-23-29)32-24-30-16-8-9-17-31(30)25-33(32)38-42-36(27-12-4-2-5-13-27)41-37(43-38)28-14-6-3-7-15-28/h2-25,38H,1H3,(H,41,42,43). The van der Waals surface area contributed by atoms with Crippen molar-refractivity contribution in [1.82, 2.24) is 14.9 Å². The lowest BCUT2D eigenvalue weighted by Gasteiger charge is -2.26. The Morgan fingerprint density at radius 2 is 1.20 bits per heavy atom. The molecule has 5 nitrogen and oxygen atoms in total. The average molecular weight is 568 g/mol. The Labute approximate surface area is 255 Å². The van der Waals surface area contributed by atoms with E-state index in [-0.39, 0.29) is 6.17 Å². The molecule has 0 bridgehead atoms. The average Bonchev–Trinajstić information content (AvgIpc) is 3.44. The van der Waals surface area contributed by atoms with Crippen molar-refractivity contribution in [3.8, 4) is 22.5 Å². The maximum absolute atomic E-state index is 5.20. The van der Waals surface area contributed by atoms with E-state index < -0.39 is 0 Å². The van der Waals surface area contributed by atoms with Gasteiger partial charge in [0.2, 0.25) is 0 Å². The highest BCUT2D eigenvalue weighted by atomic mass is 15.2. The highest BCUT2D eigenvalue weighted by Gasteiger charge is 2.24. The number of aliphatic imine (C=N–C) groups is 2. The monoisotopic (exact) mass is 567 g/mol. The zero-order valence-corrected chi connectivity index (χ0v) is 24.2. The molecule has 0 radical (unpaired) electrons. The van der Waals surface area contributed by atoms with Gasteiger partial charge in [0.05, 0.1) is 11.0 Å². The number of aromatic nitrogens is 2. The lowest BCUT2D eigenvalue weighted by Crippen LogP contribution is -2.33. The summed E-state index contributed by atoms with van der Waals surface area (Å²) in [5.74, 6) is 2.47. The molecule has 0 spiro atoms. The van der Waals surface area contributed by atoms with Gasteiger partial charge in [0.25, 0.3) is 0 Å². The molecule has 8 rings (SSSR count). The second-order valence-corrected chi connectivity index (χ2v) is 11.0. The summed E-state index contributed by atoms with van der Waals surface area (Å²) in [5.41, 5.74) is 8.55. The normalized spacial score (nSPS) is 14.7. The van der Waals surface area contributed by atoms with Crippen molar-refractivity contribution in [2.24, 2.45) is 17.0 Å². The van der Waals surface area contributed by atoms with Gasteiger partial charge in [0, 0.05) is 29.3 Å². The second-order valence-electron chi connectivity index (χ2n) is 11.0. The van der Waals surface area contributed by atoms with Crippen molar-refractivity contribution in [3.05, 3.63) is 162 Å². The number of amidine groups is 2. The fourth-order valence-corrected chi connectivity index (χ4v) is 6.01. The predicted octanol–water partition coefficient (Wildman–Crippen LogP) is 8.56. The summed E-state index contributed by atoms with van der Waals surface area (Å²) in [6, 6.07) is 50.5. The summed E-state index contributed by atoms with van der Waals surface area (Å²) in [6.45, 7) is 0. The molecule has 6 aromatic carbocycles. The summed E-state index contributed by atoms with van der Waals surface area (Å²) < 4.78 is 2.15. The number of para-hydroxylation sites is 2. The van der Waals surface area contributed by atoms with Crippen LogP contribution in [0.2, 0.25) is 0 Å². The highest BCUT2D eigenvalue weighted by molar-refractivity contribution is 6.13. The van der Waals surface area contributed by atoms with Gasteiger partial charge < -0.3 is 9.88 Å². The third-order valence-corrected chi connectivity index (χ3v) is 8.28. The van der Waals surface area contributed by atoms with Gasteiger partial charge in [-0.1, -0.05) is 121 Å². The smallest absolute Gasteiger partial charge is 0.159 e. The first-order valence-corrected chi connectivity index (χ1v) is 14.8. The topological polar surface area (TPSA) is 54.6 Å². The van der Waals surface area contributed by atoms with Crippen LogP contribution in [0.25, 0.3) is 44.3 Å². The maximum Gasteiger partial charge on any atom is 0.159 e. The third kappa shape index (κ3) is 4.65. The van der Waals surface area contributed by atoms with Crippen LogP contribution in [-0.4, -0.2) is 21.2 Å².